The Morgan fingerprint density at radius 2 is 1.52 bits per heavy atom. The molecule has 1 aromatic rings. The van der Waals surface area contributed by atoms with Gasteiger partial charge in [0, 0.05) is 0 Å². The standard InChI is InChI=1S/C20H33NO2/c1-3-4-5-6-7-8-9-10-11-12-13-18-14-15-19(22)16-20(18)17(2)21-23/h14-17,22H,3-13H2,1-2H3. The van der Waals surface area contributed by atoms with Crippen molar-refractivity contribution in [1.82, 2.24) is 0 Å². The number of hydrogen-bond donors (Lipinski definition) is 1. The van der Waals surface area contributed by atoms with E-state index in [1.54, 1.807) is 19.1 Å². The van der Waals surface area contributed by atoms with Crippen molar-refractivity contribution in [3.8, 4) is 5.75 Å². The van der Waals surface area contributed by atoms with Crippen LogP contribution >= 0.6 is 0 Å². The number of phenolic OH excluding ortho intramolecular Hbond substituents is 1. The van der Waals surface area contributed by atoms with Gasteiger partial charge in [-0.05, 0) is 43.0 Å². The number of aryl methyl sites for hydroxylation is 1. The third-order valence-electron chi connectivity index (χ3n) is 4.54. The summed E-state index contributed by atoms with van der Waals surface area (Å²) in [6, 6.07) is 4.92. The summed E-state index contributed by atoms with van der Waals surface area (Å²) in [5.74, 6) is 0.210. The fraction of sp³-hybridized carbons (Fsp3) is 0.700. The molecular formula is C20H33NO2. The number of hydrogen-bond acceptors (Lipinski definition) is 3. The molecule has 1 rings (SSSR count). The highest BCUT2D eigenvalue weighted by molar-refractivity contribution is 5.37. The van der Waals surface area contributed by atoms with Crippen LogP contribution in [0.4, 0.5) is 0 Å². The molecule has 0 aliphatic carbocycles. The van der Waals surface area contributed by atoms with E-state index in [2.05, 4.69) is 12.1 Å². The van der Waals surface area contributed by atoms with Crippen LogP contribution in [-0.2, 0) is 6.42 Å². The Morgan fingerprint density at radius 3 is 2.09 bits per heavy atom. The molecule has 0 bridgehead atoms. The van der Waals surface area contributed by atoms with Gasteiger partial charge in [-0.15, -0.1) is 0 Å². The van der Waals surface area contributed by atoms with E-state index in [9.17, 15) is 10.0 Å². The van der Waals surface area contributed by atoms with Crippen LogP contribution in [0.15, 0.2) is 23.4 Å². The zero-order valence-electron chi connectivity index (χ0n) is 14.9. The van der Waals surface area contributed by atoms with Crippen molar-refractivity contribution in [1.29, 1.82) is 0 Å². The molecule has 0 saturated heterocycles. The molecule has 0 saturated carbocycles. The lowest BCUT2D eigenvalue weighted by atomic mass is 9.96. The average molecular weight is 319 g/mol. The van der Waals surface area contributed by atoms with Gasteiger partial charge in [0.15, 0.2) is 0 Å². The van der Waals surface area contributed by atoms with Gasteiger partial charge in [0.1, 0.15) is 11.8 Å². The quantitative estimate of drug-likeness (QED) is 0.325. The predicted octanol–water partition coefficient (Wildman–Crippen LogP) is 6.68. The maximum atomic E-state index is 10.8. The molecule has 0 aromatic heterocycles. The zero-order chi connectivity index (χ0) is 16.9. The normalized spacial score (nSPS) is 12.3. The first kappa shape index (κ1) is 19.7. The van der Waals surface area contributed by atoms with E-state index in [1.807, 2.05) is 6.07 Å². The molecule has 0 aliphatic heterocycles. The molecule has 1 aromatic carbocycles. The molecule has 0 spiro atoms. The molecule has 3 heteroatoms. The van der Waals surface area contributed by atoms with E-state index in [4.69, 9.17) is 0 Å². The van der Waals surface area contributed by atoms with Crippen LogP contribution < -0.4 is 0 Å². The Kier molecular flexibility index (Phi) is 10.3. The summed E-state index contributed by atoms with van der Waals surface area (Å²) in [6.07, 6.45) is 14.2. The van der Waals surface area contributed by atoms with Crippen molar-refractivity contribution in [2.75, 3.05) is 0 Å². The fourth-order valence-electron chi connectivity index (χ4n) is 3.06. The second-order valence-corrected chi connectivity index (χ2v) is 6.60. The van der Waals surface area contributed by atoms with Crippen LogP contribution in [-0.4, -0.2) is 5.11 Å². The monoisotopic (exact) mass is 319 g/mol. The molecule has 23 heavy (non-hydrogen) atoms. The molecule has 1 atom stereocenters. The highest BCUT2D eigenvalue weighted by Gasteiger charge is 2.11. The van der Waals surface area contributed by atoms with Gasteiger partial charge >= 0.3 is 0 Å². The highest BCUT2D eigenvalue weighted by atomic mass is 16.3. The van der Waals surface area contributed by atoms with Gasteiger partial charge in [0.2, 0.25) is 0 Å². The van der Waals surface area contributed by atoms with Gasteiger partial charge < -0.3 is 5.11 Å². The lowest BCUT2D eigenvalue weighted by Crippen LogP contribution is -1.97. The minimum atomic E-state index is -0.389. The van der Waals surface area contributed by atoms with Crippen LogP contribution in [0.5, 0.6) is 5.75 Å². The van der Waals surface area contributed by atoms with Crippen LogP contribution in [0.25, 0.3) is 0 Å². The second-order valence-electron chi connectivity index (χ2n) is 6.60. The molecule has 0 fully saturated rings. The largest absolute Gasteiger partial charge is 0.508 e. The number of rotatable bonds is 13. The molecule has 130 valence electrons. The lowest BCUT2D eigenvalue weighted by molar-refractivity contribution is 0.473. The van der Waals surface area contributed by atoms with E-state index < -0.39 is 0 Å². The van der Waals surface area contributed by atoms with Gasteiger partial charge in [-0.2, -0.15) is 4.91 Å². The van der Waals surface area contributed by atoms with E-state index in [0.717, 1.165) is 24.0 Å². The smallest absolute Gasteiger partial charge is 0.115 e. The first-order valence-corrected chi connectivity index (χ1v) is 9.33. The minimum Gasteiger partial charge on any atom is -0.508 e. The lowest BCUT2D eigenvalue weighted by Gasteiger charge is -2.11. The van der Waals surface area contributed by atoms with Crippen LogP contribution in [0.1, 0.15) is 95.2 Å². The molecule has 1 N–H and O–H groups in total. The summed E-state index contributed by atoms with van der Waals surface area (Å²) in [5, 5.41) is 12.7. The number of nitrogens with zero attached hydrogens (tertiary/aromatic N) is 1. The van der Waals surface area contributed by atoms with E-state index in [1.165, 1.54) is 57.8 Å². The van der Waals surface area contributed by atoms with Crippen LogP contribution in [0.2, 0.25) is 0 Å². The van der Waals surface area contributed by atoms with Crippen LogP contribution in [0.3, 0.4) is 0 Å². The number of phenols is 1. The second kappa shape index (κ2) is 12.1. The first-order valence-electron chi connectivity index (χ1n) is 9.33. The Labute approximate surface area is 141 Å². The molecule has 0 radical (unpaired) electrons. The van der Waals surface area contributed by atoms with Crippen molar-refractivity contribution >= 4 is 0 Å². The third-order valence-corrected chi connectivity index (χ3v) is 4.54. The van der Waals surface area contributed by atoms with Gasteiger partial charge in [-0.3, -0.25) is 0 Å². The van der Waals surface area contributed by atoms with E-state index >= 15 is 0 Å². The summed E-state index contributed by atoms with van der Waals surface area (Å²) in [6.45, 7) is 4.04. The molecule has 0 heterocycles. The van der Waals surface area contributed by atoms with Gasteiger partial charge in [0.25, 0.3) is 0 Å². The minimum absolute atomic E-state index is 0.210. The summed E-state index contributed by atoms with van der Waals surface area (Å²) in [4.78, 5) is 10.8. The van der Waals surface area contributed by atoms with Crippen molar-refractivity contribution in [2.45, 2.75) is 90.5 Å². The van der Waals surface area contributed by atoms with Crippen LogP contribution in [0, 0.1) is 4.91 Å². The predicted molar refractivity (Wildman–Crippen MR) is 97.9 cm³/mol. The number of benzene rings is 1. The summed E-state index contributed by atoms with van der Waals surface area (Å²) >= 11 is 0. The van der Waals surface area contributed by atoms with Crippen molar-refractivity contribution in [2.24, 2.45) is 5.18 Å². The molecule has 0 amide bonds. The fourth-order valence-corrected chi connectivity index (χ4v) is 3.06. The summed E-state index contributed by atoms with van der Waals surface area (Å²) < 4.78 is 0. The number of aromatic hydroxyl groups is 1. The van der Waals surface area contributed by atoms with E-state index in [-0.39, 0.29) is 11.8 Å². The molecule has 0 aliphatic rings. The first-order chi connectivity index (χ1) is 11.2. The van der Waals surface area contributed by atoms with Crippen molar-refractivity contribution < 1.29 is 5.11 Å². The highest BCUT2D eigenvalue weighted by Crippen LogP contribution is 2.26. The topological polar surface area (TPSA) is 49.7 Å². The zero-order valence-corrected chi connectivity index (χ0v) is 14.9. The third kappa shape index (κ3) is 8.15. The Bertz CT molecular complexity index is 445. The number of unbranched alkanes of at least 4 members (excludes halogenated alkanes) is 9. The maximum Gasteiger partial charge on any atom is 0.115 e. The summed E-state index contributed by atoms with van der Waals surface area (Å²) in [5.41, 5.74) is 2.02. The van der Waals surface area contributed by atoms with Crippen molar-refractivity contribution in [3.63, 3.8) is 0 Å². The Hall–Kier alpha value is -1.38. The maximum absolute atomic E-state index is 10.8. The van der Waals surface area contributed by atoms with Gasteiger partial charge in [0.05, 0.1) is 0 Å². The van der Waals surface area contributed by atoms with E-state index in [0.29, 0.717) is 0 Å². The number of nitroso groups, excluding NO2 is 1. The molecular weight excluding hydrogens is 286 g/mol. The Balaban J connectivity index is 2.20. The van der Waals surface area contributed by atoms with Gasteiger partial charge in [-0.1, -0.05) is 76.0 Å². The van der Waals surface area contributed by atoms with Crippen molar-refractivity contribution in [3.05, 3.63) is 34.2 Å². The summed E-state index contributed by atoms with van der Waals surface area (Å²) in [7, 11) is 0. The Morgan fingerprint density at radius 1 is 0.957 bits per heavy atom. The molecule has 3 nitrogen and oxygen atoms in total. The average Bonchev–Trinajstić information content (AvgIpc) is 2.56. The van der Waals surface area contributed by atoms with Gasteiger partial charge in [-0.25, -0.2) is 0 Å². The molecule has 1 unspecified atom stereocenters. The SMILES string of the molecule is CCCCCCCCCCCCc1ccc(O)cc1C(C)N=O.